The largest absolute Gasteiger partial charge is 0.323 e. The van der Waals surface area contributed by atoms with Crippen molar-refractivity contribution in [3.8, 4) is 6.07 Å². The maximum atomic E-state index is 12.5. The number of rotatable bonds is 12. The number of hydrogen-bond donors (Lipinski definition) is 0. The summed E-state index contributed by atoms with van der Waals surface area (Å²) in [5, 5.41) is 9.16. The summed E-state index contributed by atoms with van der Waals surface area (Å²) in [7, 11) is 0. The fourth-order valence-corrected chi connectivity index (χ4v) is 3.94. The average molecular weight is 369 g/mol. The molecule has 1 fully saturated rings. The van der Waals surface area contributed by atoms with E-state index in [1.165, 1.54) is 69.8 Å². The third kappa shape index (κ3) is 7.37. The van der Waals surface area contributed by atoms with Crippen molar-refractivity contribution in [1.82, 2.24) is 4.90 Å². The van der Waals surface area contributed by atoms with E-state index in [9.17, 15) is 4.79 Å². The third-order valence-electron chi connectivity index (χ3n) is 5.68. The summed E-state index contributed by atoms with van der Waals surface area (Å²) in [6.07, 6.45) is 16.4. The lowest BCUT2D eigenvalue weighted by molar-refractivity contribution is 0.0765. The quantitative estimate of drug-likeness (QED) is 0.408. The van der Waals surface area contributed by atoms with Crippen LogP contribution in [0.3, 0.4) is 0 Å². The van der Waals surface area contributed by atoms with E-state index in [0.29, 0.717) is 12.1 Å². The van der Waals surface area contributed by atoms with Gasteiger partial charge >= 0.3 is 0 Å². The van der Waals surface area contributed by atoms with E-state index in [2.05, 4.69) is 25.1 Å². The predicted octanol–water partition coefficient (Wildman–Crippen LogP) is 6.28. The van der Waals surface area contributed by atoms with Gasteiger partial charge in [-0.05, 0) is 43.4 Å². The van der Waals surface area contributed by atoms with Crippen molar-refractivity contribution in [2.24, 2.45) is 0 Å². The monoisotopic (exact) mass is 368 g/mol. The topological polar surface area (TPSA) is 44.1 Å². The van der Waals surface area contributed by atoms with Gasteiger partial charge < -0.3 is 4.90 Å². The van der Waals surface area contributed by atoms with Crippen LogP contribution in [-0.4, -0.2) is 23.4 Å². The molecule has 27 heavy (non-hydrogen) atoms. The zero-order valence-corrected chi connectivity index (χ0v) is 17.1. The second kappa shape index (κ2) is 12.5. The number of unbranched alkanes of at least 4 members (excludes halogenated alkanes) is 9. The molecule has 1 unspecified atom stereocenters. The van der Waals surface area contributed by atoms with Gasteiger partial charge in [-0.15, -0.1) is 0 Å². The van der Waals surface area contributed by atoms with Crippen LogP contribution in [0.2, 0.25) is 0 Å². The molecule has 0 bridgehead atoms. The number of aryl methyl sites for hydroxylation is 1. The number of benzene rings is 1. The highest BCUT2D eigenvalue weighted by molar-refractivity contribution is 5.94. The Bertz CT molecular complexity index is 587. The van der Waals surface area contributed by atoms with Gasteiger partial charge in [0.1, 0.15) is 6.04 Å². The Morgan fingerprint density at radius 1 is 1.00 bits per heavy atom. The highest BCUT2D eigenvalue weighted by atomic mass is 16.2. The minimum atomic E-state index is -0.246. The molecule has 1 aromatic rings. The first kappa shape index (κ1) is 21.5. The molecular formula is C24H36N2O. The lowest BCUT2D eigenvalue weighted by atomic mass is 10.0. The molecule has 1 heterocycles. The maximum Gasteiger partial charge on any atom is 0.254 e. The molecule has 0 spiro atoms. The summed E-state index contributed by atoms with van der Waals surface area (Å²) in [6.45, 7) is 2.97. The van der Waals surface area contributed by atoms with Gasteiger partial charge in [-0.2, -0.15) is 5.26 Å². The minimum Gasteiger partial charge on any atom is -0.323 e. The van der Waals surface area contributed by atoms with E-state index in [-0.39, 0.29) is 11.9 Å². The molecule has 1 amide bonds. The lowest BCUT2D eigenvalue weighted by Gasteiger charge is -2.19. The molecule has 3 heteroatoms. The van der Waals surface area contributed by atoms with Gasteiger partial charge in [-0.3, -0.25) is 4.79 Å². The van der Waals surface area contributed by atoms with Crippen LogP contribution in [0.15, 0.2) is 24.3 Å². The second-order valence-electron chi connectivity index (χ2n) is 7.91. The highest BCUT2D eigenvalue weighted by Gasteiger charge is 2.29. The number of likely N-dealkylation sites (tertiary alicyclic amines) is 1. The molecule has 2 rings (SSSR count). The van der Waals surface area contributed by atoms with Crippen molar-refractivity contribution in [3.63, 3.8) is 0 Å². The molecule has 148 valence electrons. The number of hydrogen-bond acceptors (Lipinski definition) is 2. The molecule has 1 aliphatic rings. The standard InChI is InChI=1S/C24H36N2O/c1-2-3-4-5-6-7-8-9-10-11-13-21-15-17-22(18-16-21)24(27)26-19-12-14-23(26)20-25/h15-18,23H,2-14,19H2,1H3. The van der Waals surface area contributed by atoms with Crippen molar-refractivity contribution < 1.29 is 4.79 Å². The predicted molar refractivity (Wildman–Crippen MR) is 112 cm³/mol. The van der Waals surface area contributed by atoms with Gasteiger partial charge in [0.2, 0.25) is 0 Å². The van der Waals surface area contributed by atoms with Crippen molar-refractivity contribution in [1.29, 1.82) is 5.26 Å². The zero-order chi connectivity index (χ0) is 19.3. The van der Waals surface area contributed by atoms with Crippen molar-refractivity contribution in [2.75, 3.05) is 6.54 Å². The Morgan fingerprint density at radius 3 is 2.19 bits per heavy atom. The van der Waals surface area contributed by atoms with Crippen molar-refractivity contribution >= 4 is 5.91 Å². The number of carbonyl (C=O) groups is 1. The van der Waals surface area contributed by atoms with Gasteiger partial charge in [-0.1, -0.05) is 76.8 Å². The summed E-state index contributed by atoms with van der Waals surface area (Å²) < 4.78 is 0. The first-order valence-corrected chi connectivity index (χ1v) is 11.1. The summed E-state index contributed by atoms with van der Waals surface area (Å²) in [5.74, 6) is 0.00420. The summed E-state index contributed by atoms with van der Waals surface area (Å²) in [6, 6.07) is 10.0. The van der Waals surface area contributed by atoms with Gasteiger partial charge in [0, 0.05) is 12.1 Å². The summed E-state index contributed by atoms with van der Waals surface area (Å²) >= 11 is 0. The molecule has 0 saturated carbocycles. The van der Waals surface area contributed by atoms with E-state index < -0.39 is 0 Å². The zero-order valence-electron chi connectivity index (χ0n) is 17.1. The van der Waals surface area contributed by atoms with E-state index in [1.807, 2.05) is 12.1 Å². The van der Waals surface area contributed by atoms with E-state index >= 15 is 0 Å². The Hall–Kier alpha value is -1.82. The Morgan fingerprint density at radius 2 is 1.59 bits per heavy atom. The SMILES string of the molecule is CCCCCCCCCCCCc1ccc(C(=O)N2CCCC2C#N)cc1. The van der Waals surface area contributed by atoms with Gasteiger partial charge in [0.15, 0.2) is 0 Å². The maximum absolute atomic E-state index is 12.5. The summed E-state index contributed by atoms with van der Waals surface area (Å²) in [5.41, 5.74) is 2.02. The van der Waals surface area contributed by atoms with E-state index in [4.69, 9.17) is 5.26 Å². The normalized spacial score (nSPS) is 16.4. The molecule has 1 saturated heterocycles. The summed E-state index contributed by atoms with van der Waals surface area (Å²) in [4.78, 5) is 14.3. The first-order valence-electron chi connectivity index (χ1n) is 11.1. The molecular weight excluding hydrogens is 332 g/mol. The van der Waals surface area contributed by atoms with Crippen LogP contribution in [0.4, 0.5) is 0 Å². The molecule has 0 aromatic heterocycles. The van der Waals surface area contributed by atoms with Crippen LogP contribution in [0.1, 0.15) is 99.9 Å². The van der Waals surface area contributed by atoms with Crippen molar-refractivity contribution in [3.05, 3.63) is 35.4 Å². The Balaban J connectivity index is 1.60. The van der Waals surface area contributed by atoms with Crippen LogP contribution in [0.5, 0.6) is 0 Å². The molecule has 1 aliphatic heterocycles. The van der Waals surface area contributed by atoms with Crippen LogP contribution in [0.25, 0.3) is 0 Å². The number of nitrogens with zero attached hydrogens (tertiary/aromatic N) is 2. The molecule has 3 nitrogen and oxygen atoms in total. The number of amides is 1. The third-order valence-corrected chi connectivity index (χ3v) is 5.68. The molecule has 1 aromatic carbocycles. The fraction of sp³-hybridized carbons (Fsp3) is 0.667. The van der Waals surface area contributed by atoms with Gasteiger partial charge in [0.25, 0.3) is 5.91 Å². The molecule has 0 aliphatic carbocycles. The van der Waals surface area contributed by atoms with Crippen LogP contribution in [-0.2, 0) is 6.42 Å². The van der Waals surface area contributed by atoms with Crippen molar-refractivity contribution in [2.45, 2.75) is 96.4 Å². The fourth-order valence-electron chi connectivity index (χ4n) is 3.94. The average Bonchev–Trinajstić information content (AvgIpc) is 3.18. The molecule has 0 N–H and O–H groups in total. The second-order valence-corrected chi connectivity index (χ2v) is 7.91. The Kier molecular flexibility index (Phi) is 9.98. The number of carbonyl (C=O) groups excluding carboxylic acids is 1. The first-order chi connectivity index (χ1) is 13.3. The lowest BCUT2D eigenvalue weighted by Crippen LogP contribution is -2.34. The van der Waals surface area contributed by atoms with Crippen LogP contribution < -0.4 is 0 Å². The molecule has 0 radical (unpaired) electrons. The highest BCUT2D eigenvalue weighted by Crippen LogP contribution is 2.20. The van der Waals surface area contributed by atoms with Crippen LogP contribution in [0, 0.1) is 11.3 Å². The number of nitriles is 1. The van der Waals surface area contributed by atoms with Gasteiger partial charge in [0.05, 0.1) is 6.07 Å². The smallest absolute Gasteiger partial charge is 0.254 e. The Labute approximate surface area is 165 Å². The van der Waals surface area contributed by atoms with Gasteiger partial charge in [-0.25, -0.2) is 0 Å². The minimum absolute atomic E-state index is 0.00420. The van der Waals surface area contributed by atoms with Crippen LogP contribution >= 0.6 is 0 Å². The van der Waals surface area contributed by atoms with E-state index in [0.717, 1.165) is 19.3 Å². The molecule has 1 atom stereocenters. The van der Waals surface area contributed by atoms with E-state index in [1.54, 1.807) is 4.90 Å².